The quantitative estimate of drug-likeness (QED) is 0.854. The molecule has 0 aliphatic carbocycles. The number of rotatable bonds is 5. The molecule has 1 N–H and O–H groups in total. The molecule has 2 atom stereocenters. The molecule has 20 heavy (non-hydrogen) atoms. The number of halogens is 2. The molecule has 0 spiro atoms. The fraction of sp³-hybridized carbons (Fsp3) is 0.312. The molecule has 0 saturated carbocycles. The maximum absolute atomic E-state index is 6.35. The largest absolute Gasteiger partial charge is 0.310 e. The first kappa shape index (κ1) is 15.3. The molecule has 1 heterocycles. The van der Waals surface area contributed by atoms with Gasteiger partial charge >= 0.3 is 0 Å². The first-order valence-corrected chi connectivity index (χ1v) is 7.47. The third kappa shape index (κ3) is 3.51. The summed E-state index contributed by atoms with van der Waals surface area (Å²) in [7, 11) is 0. The Kier molecular flexibility index (Phi) is 5.41. The zero-order valence-corrected chi connectivity index (χ0v) is 13.1. The Hall–Kier alpha value is -1.09. The first-order chi connectivity index (χ1) is 9.63. The van der Waals surface area contributed by atoms with Crippen molar-refractivity contribution in [2.24, 2.45) is 0 Å². The van der Waals surface area contributed by atoms with Crippen LogP contribution < -0.4 is 5.32 Å². The standard InChI is InChI=1S/C16H18Cl2N2/c1-3-20-16(11(2)12-6-8-19-9-7-12)14-5-4-13(17)10-15(14)18/h4-11,16,20H,3H2,1-2H3. The van der Waals surface area contributed by atoms with Gasteiger partial charge in [-0.1, -0.05) is 43.1 Å². The number of hydrogen-bond acceptors (Lipinski definition) is 2. The molecule has 0 aliphatic rings. The predicted molar refractivity (Wildman–Crippen MR) is 85.5 cm³/mol. The Morgan fingerprint density at radius 3 is 2.45 bits per heavy atom. The van der Waals surface area contributed by atoms with Gasteiger partial charge in [-0.15, -0.1) is 0 Å². The molecule has 2 rings (SSSR count). The van der Waals surface area contributed by atoms with Crippen molar-refractivity contribution < 1.29 is 0 Å². The van der Waals surface area contributed by atoms with Crippen LogP contribution in [0, 0.1) is 0 Å². The fourth-order valence-corrected chi connectivity index (χ4v) is 2.92. The van der Waals surface area contributed by atoms with E-state index in [0.29, 0.717) is 10.0 Å². The summed E-state index contributed by atoms with van der Waals surface area (Å²) in [5, 5.41) is 4.87. The SMILES string of the molecule is CCNC(c1ccc(Cl)cc1Cl)C(C)c1ccncc1. The lowest BCUT2D eigenvalue weighted by Crippen LogP contribution is -2.26. The Bertz CT molecular complexity index is 558. The molecule has 106 valence electrons. The molecule has 1 aromatic heterocycles. The Balaban J connectivity index is 2.35. The van der Waals surface area contributed by atoms with Gasteiger partial charge in [-0.3, -0.25) is 4.98 Å². The number of nitrogens with one attached hydrogen (secondary N) is 1. The minimum Gasteiger partial charge on any atom is -0.310 e. The molecular weight excluding hydrogens is 291 g/mol. The molecule has 2 nitrogen and oxygen atoms in total. The predicted octanol–water partition coefficient (Wildman–Crippen LogP) is 4.84. The molecule has 2 aromatic rings. The molecule has 1 aromatic carbocycles. The third-order valence-corrected chi connectivity index (χ3v) is 4.02. The van der Waals surface area contributed by atoms with Crippen LogP contribution in [0.15, 0.2) is 42.7 Å². The summed E-state index contributed by atoms with van der Waals surface area (Å²) >= 11 is 12.3. The highest BCUT2D eigenvalue weighted by molar-refractivity contribution is 6.35. The molecule has 0 saturated heterocycles. The molecule has 4 heteroatoms. The van der Waals surface area contributed by atoms with E-state index in [0.717, 1.165) is 12.1 Å². The topological polar surface area (TPSA) is 24.9 Å². The van der Waals surface area contributed by atoms with Crippen molar-refractivity contribution >= 4 is 23.2 Å². The minimum atomic E-state index is 0.146. The number of pyridine rings is 1. The molecule has 0 fully saturated rings. The highest BCUT2D eigenvalue weighted by Gasteiger charge is 2.22. The van der Waals surface area contributed by atoms with E-state index in [2.05, 4.69) is 24.1 Å². The van der Waals surface area contributed by atoms with Crippen molar-refractivity contribution in [2.45, 2.75) is 25.8 Å². The summed E-state index contributed by atoms with van der Waals surface area (Å²) in [4.78, 5) is 4.07. The smallest absolute Gasteiger partial charge is 0.0468 e. The minimum absolute atomic E-state index is 0.146. The van der Waals surface area contributed by atoms with Crippen molar-refractivity contribution in [1.29, 1.82) is 0 Å². The van der Waals surface area contributed by atoms with E-state index in [9.17, 15) is 0 Å². The number of hydrogen-bond donors (Lipinski definition) is 1. The van der Waals surface area contributed by atoms with E-state index in [4.69, 9.17) is 23.2 Å². The van der Waals surface area contributed by atoms with Gasteiger partial charge in [0.2, 0.25) is 0 Å². The van der Waals surface area contributed by atoms with Crippen molar-refractivity contribution in [3.05, 3.63) is 63.9 Å². The molecule has 2 unspecified atom stereocenters. The third-order valence-electron chi connectivity index (χ3n) is 3.45. The van der Waals surface area contributed by atoms with E-state index < -0.39 is 0 Å². The van der Waals surface area contributed by atoms with Gasteiger partial charge in [0.15, 0.2) is 0 Å². The lowest BCUT2D eigenvalue weighted by molar-refractivity contribution is 0.479. The van der Waals surface area contributed by atoms with Crippen LogP contribution in [0.1, 0.15) is 36.9 Å². The van der Waals surface area contributed by atoms with Gasteiger partial charge in [0.1, 0.15) is 0 Å². The summed E-state index contributed by atoms with van der Waals surface area (Å²) in [5.74, 6) is 0.289. The van der Waals surface area contributed by atoms with Crippen molar-refractivity contribution in [3.63, 3.8) is 0 Å². The number of likely N-dealkylation sites (N-methyl/N-ethyl adjacent to an activating group) is 1. The second-order valence-electron chi connectivity index (χ2n) is 4.77. The summed E-state index contributed by atoms with van der Waals surface area (Å²) < 4.78 is 0. The van der Waals surface area contributed by atoms with Gasteiger partial charge in [0.25, 0.3) is 0 Å². The van der Waals surface area contributed by atoms with Crippen LogP contribution in [0.4, 0.5) is 0 Å². The molecular formula is C16H18Cl2N2. The maximum atomic E-state index is 6.35. The highest BCUT2D eigenvalue weighted by Crippen LogP contribution is 2.35. The van der Waals surface area contributed by atoms with Crippen LogP contribution in [0.2, 0.25) is 10.0 Å². The summed E-state index contributed by atoms with van der Waals surface area (Å²) in [5.41, 5.74) is 2.30. The first-order valence-electron chi connectivity index (χ1n) is 6.71. The highest BCUT2D eigenvalue weighted by atomic mass is 35.5. The van der Waals surface area contributed by atoms with E-state index in [1.165, 1.54) is 5.56 Å². The molecule has 0 bridgehead atoms. The van der Waals surface area contributed by atoms with Gasteiger partial charge in [-0.2, -0.15) is 0 Å². The normalized spacial score (nSPS) is 14.0. The second-order valence-corrected chi connectivity index (χ2v) is 5.61. The lowest BCUT2D eigenvalue weighted by Gasteiger charge is -2.26. The van der Waals surface area contributed by atoms with Gasteiger partial charge in [0.05, 0.1) is 0 Å². The van der Waals surface area contributed by atoms with Crippen molar-refractivity contribution in [2.75, 3.05) is 6.54 Å². The van der Waals surface area contributed by atoms with E-state index in [-0.39, 0.29) is 12.0 Å². The Morgan fingerprint density at radius 1 is 1.15 bits per heavy atom. The van der Waals surface area contributed by atoms with Crippen LogP contribution in [0.5, 0.6) is 0 Å². The summed E-state index contributed by atoms with van der Waals surface area (Å²) in [6, 6.07) is 9.90. The van der Waals surface area contributed by atoms with E-state index in [1.54, 1.807) is 6.07 Å². The molecule has 0 radical (unpaired) electrons. The van der Waals surface area contributed by atoms with E-state index in [1.807, 2.05) is 36.7 Å². The van der Waals surface area contributed by atoms with Gasteiger partial charge in [-0.05, 0) is 41.9 Å². The average molecular weight is 309 g/mol. The monoisotopic (exact) mass is 308 g/mol. The van der Waals surface area contributed by atoms with Gasteiger partial charge < -0.3 is 5.32 Å². The van der Waals surface area contributed by atoms with Crippen LogP contribution in [0.25, 0.3) is 0 Å². The summed E-state index contributed by atoms with van der Waals surface area (Å²) in [6.07, 6.45) is 3.64. The van der Waals surface area contributed by atoms with Gasteiger partial charge in [-0.25, -0.2) is 0 Å². The van der Waals surface area contributed by atoms with E-state index >= 15 is 0 Å². The van der Waals surface area contributed by atoms with Crippen LogP contribution in [-0.2, 0) is 0 Å². The number of nitrogens with zero attached hydrogens (tertiary/aromatic N) is 1. The van der Waals surface area contributed by atoms with Crippen LogP contribution in [0.3, 0.4) is 0 Å². The zero-order chi connectivity index (χ0) is 14.5. The van der Waals surface area contributed by atoms with Gasteiger partial charge in [0, 0.05) is 34.4 Å². The maximum Gasteiger partial charge on any atom is 0.0468 e. The Morgan fingerprint density at radius 2 is 1.85 bits per heavy atom. The zero-order valence-electron chi connectivity index (χ0n) is 11.6. The van der Waals surface area contributed by atoms with Crippen LogP contribution in [-0.4, -0.2) is 11.5 Å². The number of benzene rings is 1. The van der Waals surface area contributed by atoms with Crippen LogP contribution >= 0.6 is 23.2 Å². The number of aromatic nitrogens is 1. The second kappa shape index (κ2) is 7.07. The molecule has 0 aliphatic heterocycles. The summed E-state index contributed by atoms with van der Waals surface area (Å²) in [6.45, 7) is 5.16. The van der Waals surface area contributed by atoms with Crippen molar-refractivity contribution in [1.82, 2.24) is 10.3 Å². The van der Waals surface area contributed by atoms with Crippen molar-refractivity contribution in [3.8, 4) is 0 Å². The Labute approximate surface area is 130 Å². The average Bonchev–Trinajstić information content (AvgIpc) is 2.46. The molecule has 0 amide bonds. The fourth-order valence-electron chi connectivity index (χ4n) is 2.39. The lowest BCUT2D eigenvalue weighted by atomic mass is 9.89.